The zero-order valence-corrected chi connectivity index (χ0v) is 47.2. The molecule has 2 fully saturated rings. The molecule has 3 aliphatic rings. The summed E-state index contributed by atoms with van der Waals surface area (Å²) >= 11 is 1.54. The van der Waals surface area contributed by atoms with Crippen molar-refractivity contribution in [2.45, 2.75) is 124 Å². The van der Waals surface area contributed by atoms with Crippen molar-refractivity contribution >= 4 is 40.7 Å². The predicted octanol–water partition coefficient (Wildman–Crippen LogP) is 8.83. The molecule has 2 aromatic heterocycles. The monoisotopic (exact) mass is 1090 g/mol. The summed E-state index contributed by atoms with van der Waals surface area (Å²) in [6, 6.07) is 25.7. The lowest BCUT2D eigenvalue weighted by atomic mass is 9.95. The number of rotatable bonds is 21. The molecular weight excluding hydrogens is 1020 g/mol. The van der Waals surface area contributed by atoms with Crippen LogP contribution in [0.1, 0.15) is 113 Å². The fourth-order valence-corrected chi connectivity index (χ4v) is 12.1. The van der Waals surface area contributed by atoms with Crippen molar-refractivity contribution in [2.24, 2.45) is 5.92 Å². The molecule has 2 saturated heterocycles. The number of carbonyl (C=O) groups is 4. The third kappa shape index (κ3) is 12.7. The van der Waals surface area contributed by atoms with E-state index in [9.17, 15) is 29.1 Å². The molecular formula is C62H73N7O9S. The highest BCUT2D eigenvalue weighted by Crippen LogP contribution is 2.36. The summed E-state index contributed by atoms with van der Waals surface area (Å²) in [5, 5.41) is 16.9. The van der Waals surface area contributed by atoms with E-state index in [4.69, 9.17) is 14.2 Å². The maximum atomic E-state index is 14.4. The number of carbonyl (C=O) groups excluding carboxylic acids is 4. The van der Waals surface area contributed by atoms with Gasteiger partial charge < -0.3 is 49.6 Å². The first-order valence-electron chi connectivity index (χ1n) is 27.6. The number of ether oxygens (including phenoxy) is 3. The topological polar surface area (TPSA) is 196 Å². The number of amides is 4. The minimum absolute atomic E-state index is 0.00487. The molecule has 0 aliphatic carbocycles. The molecule has 5 heterocycles. The number of hydrogen-bond acceptors (Lipinski definition) is 12. The van der Waals surface area contributed by atoms with Crippen LogP contribution in [0.4, 0.5) is 5.69 Å². The standard InChI is InChI=1S/C62H73N7O9S/c1-8-67(47-21-25-76-26-22-47)53-29-46(28-51(40(53)6)58(71)64-33-52-38(4)27-39(5)66-59(52)72)42-17-19-49(20-18-42)77-23-11-12-24-78-55-30-43(57-41(7)65-36-79-57)15-16-44(55)32-63-60(73)54-31-48(70)35-68(54)62(75)56(37(2)3)69-34-45-13-9-10-14-50(45)61(69)74/h9-10,13-20,27-30,36-37,47-48,54,56,70H,8,11-12,21-26,31-35H2,1-7H3,(H,63,73)(H,64,71)(H,66,72)/t48-,54?,56?/m1/s1. The molecule has 6 aromatic rings. The number of nitrogens with one attached hydrogen (secondary N) is 3. The van der Waals surface area contributed by atoms with Crippen molar-refractivity contribution in [3.05, 3.63) is 151 Å². The third-order valence-electron chi connectivity index (χ3n) is 15.5. The lowest BCUT2D eigenvalue weighted by molar-refractivity contribution is -0.143. The number of aliphatic hydroxyl groups is 1. The van der Waals surface area contributed by atoms with Crippen LogP contribution in [-0.2, 0) is 34.0 Å². The second-order valence-electron chi connectivity index (χ2n) is 21.3. The van der Waals surface area contributed by atoms with E-state index >= 15 is 0 Å². The maximum Gasteiger partial charge on any atom is 0.255 e. The summed E-state index contributed by atoms with van der Waals surface area (Å²) in [6.45, 7) is 17.1. The first-order valence-corrected chi connectivity index (χ1v) is 28.5. The molecule has 3 aliphatic heterocycles. The van der Waals surface area contributed by atoms with Gasteiger partial charge in [-0.05, 0) is 142 Å². The summed E-state index contributed by atoms with van der Waals surface area (Å²) in [5.41, 5.74) is 12.0. The van der Waals surface area contributed by atoms with Crippen molar-refractivity contribution < 1.29 is 38.5 Å². The molecule has 416 valence electrons. The molecule has 79 heavy (non-hydrogen) atoms. The van der Waals surface area contributed by atoms with Gasteiger partial charge in [-0.2, -0.15) is 0 Å². The minimum atomic E-state index is -0.918. The van der Waals surface area contributed by atoms with Crippen molar-refractivity contribution in [1.82, 2.24) is 30.4 Å². The Hall–Kier alpha value is -7.34. The number of aromatic nitrogens is 2. The average molecular weight is 1090 g/mol. The van der Waals surface area contributed by atoms with Gasteiger partial charge in [0.2, 0.25) is 11.8 Å². The van der Waals surface area contributed by atoms with Gasteiger partial charge in [-0.15, -0.1) is 11.3 Å². The lowest BCUT2D eigenvalue weighted by Gasteiger charge is -2.37. The van der Waals surface area contributed by atoms with Crippen LogP contribution in [0.5, 0.6) is 11.5 Å². The number of thiazole rings is 1. The van der Waals surface area contributed by atoms with Crippen LogP contribution >= 0.6 is 11.3 Å². The third-order valence-corrected chi connectivity index (χ3v) is 16.5. The van der Waals surface area contributed by atoms with E-state index in [1.165, 1.54) is 16.2 Å². The number of pyridine rings is 1. The Morgan fingerprint density at radius 2 is 1.62 bits per heavy atom. The van der Waals surface area contributed by atoms with Gasteiger partial charge in [0.25, 0.3) is 17.4 Å². The number of H-pyrrole nitrogens is 1. The highest BCUT2D eigenvalue weighted by atomic mass is 32.1. The number of anilines is 1. The molecule has 4 amide bonds. The summed E-state index contributed by atoms with van der Waals surface area (Å²) in [4.78, 5) is 82.6. The molecule has 9 rings (SSSR count). The minimum Gasteiger partial charge on any atom is -0.494 e. The van der Waals surface area contributed by atoms with E-state index < -0.39 is 24.1 Å². The number of aliphatic hydroxyl groups excluding tert-OH is 1. The number of fused-ring (bicyclic) bond motifs is 1. The van der Waals surface area contributed by atoms with E-state index in [2.05, 4.69) is 38.5 Å². The van der Waals surface area contributed by atoms with Gasteiger partial charge in [0.05, 0.1) is 35.4 Å². The summed E-state index contributed by atoms with van der Waals surface area (Å²) < 4.78 is 18.4. The first-order chi connectivity index (χ1) is 38.1. The second-order valence-corrected chi connectivity index (χ2v) is 22.2. The number of β-amino-alcohol motifs (C(OH)–C–C–N with tert-alkyl or cyclic N) is 1. The van der Waals surface area contributed by atoms with Crippen LogP contribution < -0.4 is 30.6 Å². The Labute approximate surface area is 466 Å². The first kappa shape index (κ1) is 56.4. The zero-order chi connectivity index (χ0) is 55.9. The van der Waals surface area contributed by atoms with Gasteiger partial charge in [0.1, 0.15) is 23.6 Å². The number of hydrogen-bond donors (Lipinski definition) is 4. The number of aryl methyl sites for hydroxylation is 3. The van der Waals surface area contributed by atoms with Crippen molar-refractivity contribution in [3.8, 4) is 33.1 Å². The fraction of sp³-hybridized carbons (Fsp3) is 0.419. The largest absolute Gasteiger partial charge is 0.494 e. The zero-order valence-electron chi connectivity index (χ0n) is 46.4. The molecule has 3 atom stereocenters. The SMILES string of the molecule is CCN(c1cc(-c2ccc(OCCCCOc3cc(-c4scnc4C)ccc3CNC(=O)C3C[C@@H](O)CN3C(=O)C(C(C)C)N3Cc4ccccc4C3=O)cc2)cc(C(=O)NCc2c(C)cc(C)[nH]c2=O)c1C)C1CCOCC1. The Bertz CT molecular complexity index is 3240. The van der Waals surface area contributed by atoms with Gasteiger partial charge in [-0.3, -0.25) is 24.0 Å². The highest BCUT2D eigenvalue weighted by Gasteiger charge is 2.46. The van der Waals surface area contributed by atoms with Crippen LogP contribution in [0.15, 0.2) is 95.2 Å². The molecule has 4 N–H and O–H groups in total. The van der Waals surface area contributed by atoms with Gasteiger partial charge in [-0.1, -0.05) is 56.3 Å². The smallest absolute Gasteiger partial charge is 0.255 e. The van der Waals surface area contributed by atoms with E-state index in [0.29, 0.717) is 74.0 Å². The quantitative estimate of drug-likeness (QED) is 0.0503. The lowest BCUT2D eigenvalue weighted by Crippen LogP contribution is -2.55. The Balaban J connectivity index is 0.831. The molecule has 0 bridgehead atoms. The van der Waals surface area contributed by atoms with Crippen LogP contribution in [0.3, 0.4) is 0 Å². The Morgan fingerprint density at radius 3 is 2.32 bits per heavy atom. The van der Waals surface area contributed by atoms with Gasteiger partial charge >= 0.3 is 0 Å². The van der Waals surface area contributed by atoms with Gasteiger partial charge in [-0.25, -0.2) is 4.98 Å². The molecule has 17 heteroatoms. The Kier molecular flexibility index (Phi) is 18.0. The number of nitrogens with zero attached hydrogens (tertiary/aromatic N) is 4. The van der Waals surface area contributed by atoms with E-state index in [-0.39, 0.29) is 61.3 Å². The van der Waals surface area contributed by atoms with Gasteiger partial charge in [0.15, 0.2) is 0 Å². The van der Waals surface area contributed by atoms with Crippen LogP contribution in [0, 0.1) is 33.6 Å². The van der Waals surface area contributed by atoms with Crippen LogP contribution in [0.2, 0.25) is 0 Å². The Morgan fingerprint density at radius 1 is 0.886 bits per heavy atom. The summed E-state index contributed by atoms with van der Waals surface area (Å²) in [7, 11) is 0. The van der Waals surface area contributed by atoms with E-state index in [1.807, 2.05) is 120 Å². The molecule has 0 spiro atoms. The number of aromatic amines is 1. The van der Waals surface area contributed by atoms with Crippen molar-refractivity contribution in [3.63, 3.8) is 0 Å². The summed E-state index contributed by atoms with van der Waals surface area (Å²) in [5.74, 6) is -0.126. The second kappa shape index (κ2) is 25.2. The van der Waals surface area contributed by atoms with Crippen LogP contribution in [-0.4, -0.2) is 112 Å². The average Bonchev–Trinajstić information content (AvgIpc) is 4.33. The molecule has 0 saturated carbocycles. The van der Waals surface area contributed by atoms with Crippen molar-refractivity contribution in [1.29, 1.82) is 0 Å². The number of unbranched alkanes of at least 4 members (excludes halogenated alkanes) is 1. The molecule has 2 unspecified atom stereocenters. The van der Waals surface area contributed by atoms with Crippen LogP contribution in [0.25, 0.3) is 21.6 Å². The van der Waals surface area contributed by atoms with Crippen molar-refractivity contribution in [2.75, 3.05) is 44.4 Å². The van der Waals surface area contributed by atoms with Gasteiger partial charge in [0, 0.05) is 92.0 Å². The fourth-order valence-electron chi connectivity index (χ4n) is 11.3. The normalized spacial score (nSPS) is 16.7. The molecule has 4 aromatic carbocycles. The number of benzene rings is 4. The molecule has 16 nitrogen and oxygen atoms in total. The maximum absolute atomic E-state index is 14.4. The summed E-state index contributed by atoms with van der Waals surface area (Å²) in [6.07, 6.45) is 2.37. The van der Waals surface area contributed by atoms with E-state index in [1.54, 1.807) is 11.0 Å². The number of likely N-dealkylation sites (tertiary alicyclic amines) is 1. The molecule has 0 radical (unpaired) electrons. The predicted molar refractivity (Wildman–Crippen MR) is 307 cm³/mol. The van der Waals surface area contributed by atoms with E-state index in [0.717, 1.165) is 80.3 Å². The highest BCUT2D eigenvalue weighted by molar-refractivity contribution is 7.13.